The summed E-state index contributed by atoms with van der Waals surface area (Å²) >= 11 is 0. The highest BCUT2D eigenvalue weighted by molar-refractivity contribution is 5.92. The number of nitrogens with two attached hydrogens (primary N) is 1. The van der Waals surface area contributed by atoms with Gasteiger partial charge in [0.1, 0.15) is 12.1 Å². The number of carboxylic acids is 1. The summed E-state index contributed by atoms with van der Waals surface area (Å²) in [5.41, 5.74) is 5.96. The van der Waals surface area contributed by atoms with E-state index in [1.165, 1.54) is 4.90 Å². The molecule has 5 atom stereocenters. The minimum absolute atomic E-state index is 0.0104. The van der Waals surface area contributed by atoms with E-state index < -0.39 is 24.1 Å². The molecule has 1 fully saturated rings. The SMILES string of the molecule is CC[C@H](C)[C@H](N)C(=O)N[C@H](C(=O)N1CCC[C@H]1C(=O)O)[C@@H](C)CC. The van der Waals surface area contributed by atoms with Crippen LogP contribution in [0.25, 0.3) is 0 Å². The zero-order valence-corrected chi connectivity index (χ0v) is 15.1. The number of hydrogen-bond donors (Lipinski definition) is 3. The van der Waals surface area contributed by atoms with Gasteiger partial charge in [-0.05, 0) is 24.7 Å². The quantitative estimate of drug-likeness (QED) is 0.609. The van der Waals surface area contributed by atoms with Crippen molar-refractivity contribution in [3.8, 4) is 0 Å². The molecular formula is C17H31N3O4. The molecule has 0 spiro atoms. The van der Waals surface area contributed by atoms with Crippen molar-refractivity contribution in [1.29, 1.82) is 0 Å². The molecule has 0 aliphatic carbocycles. The van der Waals surface area contributed by atoms with Crippen LogP contribution in [0.15, 0.2) is 0 Å². The van der Waals surface area contributed by atoms with E-state index in [4.69, 9.17) is 5.73 Å². The molecule has 7 heteroatoms. The predicted octanol–water partition coefficient (Wildman–Crippen LogP) is 0.966. The van der Waals surface area contributed by atoms with Crippen LogP contribution < -0.4 is 11.1 Å². The van der Waals surface area contributed by atoms with E-state index >= 15 is 0 Å². The Morgan fingerprint density at radius 1 is 1.21 bits per heavy atom. The van der Waals surface area contributed by atoms with Gasteiger partial charge in [0.15, 0.2) is 0 Å². The van der Waals surface area contributed by atoms with E-state index in [1.54, 1.807) is 0 Å². The molecule has 2 amide bonds. The monoisotopic (exact) mass is 341 g/mol. The van der Waals surface area contributed by atoms with Gasteiger partial charge in [0.2, 0.25) is 11.8 Å². The van der Waals surface area contributed by atoms with Crippen molar-refractivity contribution in [2.45, 2.75) is 71.5 Å². The number of likely N-dealkylation sites (tertiary alicyclic amines) is 1. The zero-order chi connectivity index (χ0) is 18.4. The molecule has 0 bridgehead atoms. The second-order valence-corrected chi connectivity index (χ2v) is 6.81. The summed E-state index contributed by atoms with van der Waals surface area (Å²) in [6.07, 6.45) is 2.58. The highest BCUT2D eigenvalue weighted by Gasteiger charge is 2.39. The molecule has 0 saturated carbocycles. The lowest BCUT2D eigenvalue weighted by Crippen LogP contribution is -2.57. The highest BCUT2D eigenvalue weighted by atomic mass is 16.4. The van der Waals surface area contributed by atoms with Crippen LogP contribution in [0, 0.1) is 11.8 Å². The Morgan fingerprint density at radius 3 is 2.29 bits per heavy atom. The molecule has 1 heterocycles. The second-order valence-electron chi connectivity index (χ2n) is 6.81. The van der Waals surface area contributed by atoms with Crippen LogP contribution >= 0.6 is 0 Å². The number of rotatable bonds is 8. The predicted molar refractivity (Wildman–Crippen MR) is 91.2 cm³/mol. The maximum absolute atomic E-state index is 12.9. The number of aliphatic carboxylic acids is 1. The molecule has 0 aromatic carbocycles. The molecular weight excluding hydrogens is 310 g/mol. The van der Waals surface area contributed by atoms with Gasteiger partial charge in [-0.1, -0.05) is 40.5 Å². The molecule has 0 aromatic rings. The number of carbonyl (C=O) groups excluding carboxylic acids is 2. The average molecular weight is 341 g/mol. The lowest BCUT2D eigenvalue weighted by molar-refractivity contribution is -0.150. The highest BCUT2D eigenvalue weighted by Crippen LogP contribution is 2.21. The van der Waals surface area contributed by atoms with Crippen LogP contribution in [0.2, 0.25) is 0 Å². The summed E-state index contributed by atoms with van der Waals surface area (Å²) < 4.78 is 0. The molecule has 1 aliphatic rings. The standard InChI is InChI=1S/C17H31N3O4/c1-5-10(3)13(18)15(21)19-14(11(4)6-2)16(22)20-9-7-8-12(20)17(23)24/h10-14H,5-9,18H2,1-4H3,(H,19,21)(H,23,24)/t10-,11-,12-,13-,14-/m0/s1. The maximum atomic E-state index is 12.9. The first kappa shape index (κ1) is 20.4. The third-order valence-electron chi connectivity index (χ3n) is 5.16. The van der Waals surface area contributed by atoms with Gasteiger partial charge in [-0.25, -0.2) is 4.79 Å². The van der Waals surface area contributed by atoms with E-state index in [0.717, 1.165) is 6.42 Å². The Labute approximate surface area is 144 Å². The lowest BCUT2D eigenvalue weighted by atomic mass is 9.95. The Morgan fingerprint density at radius 2 is 1.79 bits per heavy atom. The van der Waals surface area contributed by atoms with Crippen molar-refractivity contribution in [2.75, 3.05) is 6.54 Å². The minimum Gasteiger partial charge on any atom is -0.480 e. The van der Waals surface area contributed by atoms with Crippen molar-refractivity contribution >= 4 is 17.8 Å². The summed E-state index contributed by atoms with van der Waals surface area (Å²) in [6, 6.07) is -2.22. The summed E-state index contributed by atoms with van der Waals surface area (Å²) in [5.74, 6) is -1.75. The molecule has 24 heavy (non-hydrogen) atoms. The molecule has 0 unspecified atom stereocenters. The summed E-state index contributed by atoms with van der Waals surface area (Å²) in [5, 5.41) is 12.1. The summed E-state index contributed by atoms with van der Waals surface area (Å²) in [7, 11) is 0. The zero-order valence-electron chi connectivity index (χ0n) is 15.1. The fourth-order valence-corrected chi connectivity index (χ4v) is 2.91. The molecule has 0 radical (unpaired) electrons. The first-order valence-corrected chi connectivity index (χ1v) is 8.83. The average Bonchev–Trinajstić information content (AvgIpc) is 3.06. The lowest BCUT2D eigenvalue weighted by Gasteiger charge is -2.31. The molecule has 1 aliphatic heterocycles. The van der Waals surface area contributed by atoms with E-state index in [9.17, 15) is 19.5 Å². The topological polar surface area (TPSA) is 113 Å². The molecule has 1 rings (SSSR count). The third-order valence-corrected chi connectivity index (χ3v) is 5.16. The molecule has 4 N–H and O–H groups in total. The maximum Gasteiger partial charge on any atom is 0.326 e. The van der Waals surface area contributed by atoms with Gasteiger partial charge >= 0.3 is 5.97 Å². The first-order chi connectivity index (χ1) is 11.2. The summed E-state index contributed by atoms with van der Waals surface area (Å²) in [6.45, 7) is 8.08. The number of hydrogen-bond acceptors (Lipinski definition) is 4. The van der Waals surface area contributed by atoms with Crippen LogP contribution in [-0.4, -0.2) is 52.5 Å². The van der Waals surface area contributed by atoms with Gasteiger partial charge in [-0.2, -0.15) is 0 Å². The molecule has 7 nitrogen and oxygen atoms in total. The Balaban J connectivity index is 2.91. The summed E-state index contributed by atoms with van der Waals surface area (Å²) in [4.78, 5) is 38.0. The Bertz CT molecular complexity index is 469. The van der Waals surface area contributed by atoms with E-state index in [-0.39, 0.29) is 23.7 Å². The van der Waals surface area contributed by atoms with E-state index in [0.29, 0.717) is 25.8 Å². The van der Waals surface area contributed by atoms with Crippen LogP contribution in [-0.2, 0) is 14.4 Å². The van der Waals surface area contributed by atoms with Gasteiger partial charge < -0.3 is 21.1 Å². The number of carboxylic acid groups (broad SMARTS) is 1. The van der Waals surface area contributed by atoms with Crippen LogP contribution in [0.4, 0.5) is 0 Å². The van der Waals surface area contributed by atoms with Crippen molar-refractivity contribution in [3.05, 3.63) is 0 Å². The van der Waals surface area contributed by atoms with Gasteiger partial charge in [0.25, 0.3) is 0 Å². The van der Waals surface area contributed by atoms with E-state index in [1.807, 2.05) is 27.7 Å². The Hall–Kier alpha value is -1.63. The first-order valence-electron chi connectivity index (χ1n) is 8.83. The van der Waals surface area contributed by atoms with Crippen LogP contribution in [0.1, 0.15) is 53.4 Å². The van der Waals surface area contributed by atoms with E-state index in [2.05, 4.69) is 5.32 Å². The van der Waals surface area contributed by atoms with Gasteiger partial charge in [0.05, 0.1) is 6.04 Å². The normalized spacial score (nSPS) is 22.5. The third kappa shape index (κ3) is 4.69. The molecule has 138 valence electrons. The van der Waals surface area contributed by atoms with Crippen molar-refractivity contribution in [2.24, 2.45) is 17.6 Å². The van der Waals surface area contributed by atoms with Gasteiger partial charge in [0, 0.05) is 6.54 Å². The largest absolute Gasteiger partial charge is 0.480 e. The fraction of sp³-hybridized carbons (Fsp3) is 0.824. The fourth-order valence-electron chi connectivity index (χ4n) is 2.91. The van der Waals surface area contributed by atoms with Crippen molar-refractivity contribution < 1.29 is 19.5 Å². The second kappa shape index (κ2) is 9.01. The number of nitrogens with one attached hydrogen (secondary N) is 1. The van der Waals surface area contributed by atoms with Crippen LogP contribution in [0.5, 0.6) is 0 Å². The number of nitrogens with zero attached hydrogens (tertiary/aromatic N) is 1. The van der Waals surface area contributed by atoms with Gasteiger partial charge in [-0.15, -0.1) is 0 Å². The molecule has 0 aromatic heterocycles. The number of carbonyl (C=O) groups is 3. The smallest absolute Gasteiger partial charge is 0.326 e. The van der Waals surface area contributed by atoms with Gasteiger partial charge in [-0.3, -0.25) is 9.59 Å². The van der Waals surface area contributed by atoms with Crippen molar-refractivity contribution in [3.63, 3.8) is 0 Å². The molecule has 1 saturated heterocycles. The minimum atomic E-state index is -0.994. The van der Waals surface area contributed by atoms with Crippen LogP contribution in [0.3, 0.4) is 0 Å². The van der Waals surface area contributed by atoms with Crippen molar-refractivity contribution in [1.82, 2.24) is 10.2 Å². The number of amides is 2. The Kier molecular flexibility index (Phi) is 7.66.